The number of benzene rings is 7. The predicted molar refractivity (Wildman–Crippen MR) is 194 cm³/mol. The second-order valence-electron chi connectivity index (χ2n) is 11.5. The summed E-state index contributed by atoms with van der Waals surface area (Å²) in [6, 6.07) is 50.3. The molecule has 2 aromatic heterocycles. The van der Waals surface area contributed by atoms with Crippen LogP contribution in [0.15, 0.2) is 140 Å². The molecule has 4 heteroatoms. The van der Waals surface area contributed by atoms with E-state index in [-0.39, 0.29) is 0 Å². The average Bonchev–Trinajstić information content (AvgIpc) is 3.72. The number of rotatable bonds is 4. The maximum Gasteiger partial charge on any atom is 0.124 e. The van der Waals surface area contributed by atoms with Gasteiger partial charge in [-0.2, -0.15) is 0 Å². The van der Waals surface area contributed by atoms with Crippen LogP contribution in [0.4, 0.5) is 0 Å². The van der Waals surface area contributed by atoms with Crippen molar-refractivity contribution in [3.63, 3.8) is 0 Å². The highest BCUT2D eigenvalue weighted by Crippen LogP contribution is 2.45. The van der Waals surface area contributed by atoms with Crippen molar-refractivity contribution in [2.75, 3.05) is 0 Å². The van der Waals surface area contributed by atoms with Gasteiger partial charge in [-0.25, -0.2) is 9.97 Å². The molecule has 0 aliphatic carbocycles. The van der Waals surface area contributed by atoms with Gasteiger partial charge in [-0.1, -0.05) is 121 Å². The van der Waals surface area contributed by atoms with E-state index in [1.807, 2.05) is 12.1 Å². The van der Waals surface area contributed by atoms with E-state index in [2.05, 4.69) is 134 Å². The molecule has 212 valence electrons. The van der Waals surface area contributed by atoms with Crippen molar-refractivity contribution in [3.05, 3.63) is 145 Å². The highest BCUT2D eigenvalue weighted by atomic mass is 32.1. The molecule has 0 N–H and O–H groups in total. The lowest BCUT2D eigenvalue weighted by Gasteiger charge is -2.18. The zero-order valence-corrected chi connectivity index (χ0v) is 26.1. The zero-order chi connectivity index (χ0) is 29.9. The van der Waals surface area contributed by atoms with E-state index in [1.54, 1.807) is 22.7 Å². The summed E-state index contributed by atoms with van der Waals surface area (Å²) in [7, 11) is 0. The minimum atomic E-state index is 1.05. The summed E-state index contributed by atoms with van der Waals surface area (Å²) in [5, 5.41) is 7.15. The number of para-hydroxylation sites is 2. The van der Waals surface area contributed by atoms with Crippen LogP contribution < -0.4 is 0 Å². The number of thiazole rings is 2. The Morgan fingerprint density at radius 3 is 1.33 bits per heavy atom. The van der Waals surface area contributed by atoms with E-state index < -0.39 is 0 Å². The Balaban J connectivity index is 1.20. The molecule has 0 amide bonds. The first-order chi connectivity index (χ1) is 22.2. The minimum absolute atomic E-state index is 1.05. The van der Waals surface area contributed by atoms with Crippen molar-refractivity contribution < 1.29 is 0 Å². The molecule has 0 unspecified atom stereocenters. The number of hydrogen-bond acceptors (Lipinski definition) is 4. The Bertz CT molecular complexity index is 2470. The lowest BCUT2D eigenvalue weighted by atomic mass is 9.85. The summed E-state index contributed by atoms with van der Waals surface area (Å²) < 4.78 is 2.43. The van der Waals surface area contributed by atoms with Crippen molar-refractivity contribution >= 4 is 64.7 Å². The van der Waals surface area contributed by atoms with Crippen LogP contribution in [0.1, 0.15) is 5.56 Å². The second-order valence-corrected chi connectivity index (χ2v) is 13.5. The summed E-state index contributed by atoms with van der Waals surface area (Å²) >= 11 is 3.49. The molecule has 0 fully saturated rings. The third-order valence-electron chi connectivity index (χ3n) is 8.61. The van der Waals surface area contributed by atoms with Gasteiger partial charge in [0.2, 0.25) is 0 Å². The van der Waals surface area contributed by atoms with Crippen LogP contribution in [0.25, 0.3) is 85.4 Å². The molecular weight excluding hydrogens is 585 g/mol. The Morgan fingerprint density at radius 1 is 0.400 bits per heavy atom. The molecule has 9 aromatic rings. The highest BCUT2D eigenvalue weighted by molar-refractivity contribution is 7.22. The van der Waals surface area contributed by atoms with E-state index in [4.69, 9.17) is 9.97 Å². The SMILES string of the molecule is Cc1ccc2c(-c3ccc(-c4nc5ccccc5s4)cc3)c3ccccc3c(-c3ccc(-c4nc5ccccc5s4)cc3)c2c1. The summed E-state index contributed by atoms with van der Waals surface area (Å²) in [4.78, 5) is 9.79. The summed E-state index contributed by atoms with van der Waals surface area (Å²) in [6.07, 6.45) is 0. The van der Waals surface area contributed by atoms with Gasteiger partial charge in [-0.15, -0.1) is 22.7 Å². The molecule has 0 saturated carbocycles. The molecule has 2 nitrogen and oxygen atoms in total. The molecule has 9 rings (SSSR count). The first kappa shape index (κ1) is 26.3. The monoisotopic (exact) mass is 610 g/mol. The van der Waals surface area contributed by atoms with Crippen LogP contribution >= 0.6 is 22.7 Å². The van der Waals surface area contributed by atoms with Crippen molar-refractivity contribution in [2.45, 2.75) is 6.92 Å². The first-order valence-electron chi connectivity index (χ1n) is 15.1. The van der Waals surface area contributed by atoms with Gasteiger partial charge in [0.05, 0.1) is 20.4 Å². The van der Waals surface area contributed by atoms with E-state index in [9.17, 15) is 0 Å². The first-order valence-corrected chi connectivity index (χ1v) is 16.7. The summed E-state index contributed by atoms with van der Waals surface area (Å²) in [5.41, 5.74) is 10.6. The quantitative estimate of drug-likeness (QED) is 0.185. The van der Waals surface area contributed by atoms with Crippen molar-refractivity contribution in [2.24, 2.45) is 0 Å². The van der Waals surface area contributed by atoms with Gasteiger partial charge in [0.25, 0.3) is 0 Å². The van der Waals surface area contributed by atoms with E-state index >= 15 is 0 Å². The maximum atomic E-state index is 4.89. The molecule has 0 bridgehead atoms. The highest BCUT2D eigenvalue weighted by Gasteiger charge is 2.18. The maximum absolute atomic E-state index is 4.89. The number of aromatic nitrogens is 2. The summed E-state index contributed by atoms with van der Waals surface area (Å²) in [6.45, 7) is 2.18. The normalized spacial score (nSPS) is 11.7. The van der Waals surface area contributed by atoms with Gasteiger partial charge in [0, 0.05) is 11.1 Å². The van der Waals surface area contributed by atoms with Crippen LogP contribution in [0.5, 0.6) is 0 Å². The van der Waals surface area contributed by atoms with Gasteiger partial charge >= 0.3 is 0 Å². The smallest absolute Gasteiger partial charge is 0.124 e. The number of nitrogens with zero attached hydrogens (tertiary/aromatic N) is 2. The molecule has 7 aromatic carbocycles. The van der Waals surface area contributed by atoms with E-state index in [1.165, 1.54) is 58.8 Å². The number of fused-ring (bicyclic) bond motifs is 4. The van der Waals surface area contributed by atoms with E-state index in [0.717, 1.165) is 32.2 Å². The minimum Gasteiger partial charge on any atom is -0.236 e. The molecule has 0 aliphatic heterocycles. The Hall–Kier alpha value is -5.16. The molecule has 0 atom stereocenters. The predicted octanol–water partition coefficient (Wildman–Crippen LogP) is 12.2. The second kappa shape index (κ2) is 10.5. The average molecular weight is 611 g/mol. The molecule has 2 heterocycles. The van der Waals surface area contributed by atoms with Gasteiger partial charge in [0.15, 0.2) is 0 Å². The Morgan fingerprint density at radius 2 is 0.822 bits per heavy atom. The molecule has 0 saturated heterocycles. The third kappa shape index (κ3) is 4.45. The number of aryl methyl sites for hydroxylation is 1. The van der Waals surface area contributed by atoms with Gasteiger partial charge in [-0.3, -0.25) is 0 Å². The van der Waals surface area contributed by atoms with Crippen LogP contribution in [0.3, 0.4) is 0 Å². The lowest BCUT2D eigenvalue weighted by Crippen LogP contribution is -1.92. The van der Waals surface area contributed by atoms with Crippen molar-refractivity contribution in [1.82, 2.24) is 9.97 Å². The Labute approximate surface area is 268 Å². The fourth-order valence-electron chi connectivity index (χ4n) is 6.46. The zero-order valence-electron chi connectivity index (χ0n) is 24.5. The largest absolute Gasteiger partial charge is 0.236 e. The molecular formula is C41H26N2S2. The lowest BCUT2D eigenvalue weighted by molar-refractivity contribution is 1.47. The standard InChI is InChI=1S/C41H26N2S2/c1-25-14-23-32-33(24-25)39(27-17-21-29(22-18-27)41-43-35-11-5-7-13-37(35)45-41)31-9-3-2-8-30(31)38(32)26-15-19-28(20-16-26)40-42-34-10-4-6-12-36(34)44-40/h2-24H,1H3. The molecule has 45 heavy (non-hydrogen) atoms. The van der Waals surface area contributed by atoms with Gasteiger partial charge in [-0.05, 0) is 75.0 Å². The van der Waals surface area contributed by atoms with Crippen LogP contribution in [0.2, 0.25) is 0 Å². The van der Waals surface area contributed by atoms with Crippen LogP contribution in [-0.4, -0.2) is 9.97 Å². The van der Waals surface area contributed by atoms with E-state index in [0.29, 0.717) is 0 Å². The fraction of sp³-hybridized carbons (Fsp3) is 0.0244. The number of hydrogen-bond donors (Lipinski definition) is 0. The molecule has 0 radical (unpaired) electrons. The summed E-state index contributed by atoms with van der Waals surface area (Å²) in [5.74, 6) is 0. The van der Waals surface area contributed by atoms with Gasteiger partial charge < -0.3 is 0 Å². The molecule has 0 spiro atoms. The Kier molecular flexibility index (Phi) is 6.12. The topological polar surface area (TPSA) is 25.8 Å². The van der Waals surface area contributed by atoms with Gasteiger partial charge in [0.1, 0.15) is 10.0 Å². The van der Waals surface area contributed by atoms with Crippen LogP contribution in [0, 0.1) is 6.92 Å². The third-order valence-corrected chi connectivity index (χ3v) is 10.8. The van der Waals surface area contributed by atoms with Crippen molar-refractivity contribution in [1.29, 1.82) is 0 Å². The van der Waals surface area contributed by atoms with Crippen molar-refractivity contribution in [3.8, 4) is 43.4 Å². The molecule has 0 aliphatic rings. The van der Waals surface area contributed by atoms with Crippen LogP contribution in [-0.2, 0) is 0 Å². The fourth-order valence-corrected chi connectivity index (χ4v) is 8.41.